The molecule has 1 saturated heterocycles. The topological polar surface area (TPSA) is 53.5 Å². The van der Waals surface area contributed by atoms with Crippen molar-refractivity contribution in [3.05, 3.63) is 36.5 Å². The molecular weight excluding hydrogens is 314 g/mol. The number of rotatable bonds is 4. The van der Waals surface area contributed by atoms with Gasteiger partial charge >= 0.3 is 0 Å². The average molecular weight is 341 g/mol. The highest BCUT2D eigenvalue weighted by Crippen LogP contribution is 2.28. The van der Waals surface area contributed by atoms with Crippen LogP contribution in [-0.2, 0) is 0 Å². The number of benzene rings is 1. The summed E-state index contributed by atoms with van der Waals surface area (Å²) in [6.45, 7) is 9.98. The molecular formula is C19H27N5O. The number of hydrogen-bond donors (Lipinski definition) is 1. The van der Waals surface area contributed by atoms with Crippen LogP contribution in [0.1, 0.15) is 20.8 Å². The van der Waals surface area contributed by atoms with Crippen molar-refractivity contribution >= 4 is 17.5 Å². The number of nitrogens with zero attached hydrogens (tertiary/aromatic N) is 4. The van der Waals surface area contributed by atoms with Crippen molar-refractivity contribution in [1.82, 2.24) is 9.97 Å². The molecule has 6 nitrogen and oxygen atoms in total. The first-order valence-corrected chi connectivity index (χ1v) is 8.70. The normalized spacial score (nSPS) is 15.2. The lowest BCUT2D eigenvalue weighted by molar-refractivity contribution is 0.413. The highest BCUT2D eigenvalue weighted by Gasteiger charge is 2.21. The lowest BCUT2D eigenvalue weighted by Crippen LogP contribution is -2.47. The fourth-order valence-corrected chi connectivity index (χ4v) is 2.99. The van der Waals surface area contributed by atoms with Gasteiger partial charge in [0.25, 0.3) is 0 Å². The van der Waals surface area contributed by atoms with Crippen molar-refractivity contribution < 1.29 is 4.74 Å². The summed E-state index contributed by atoms with van der Waals surface area (Å²) in [6.07, 6.45) is 1.82. The van der Waals surface area contributed by atoms with Crippen LogP contribution in [0, 0.1) is 0 Å². The third-order valence-electron chi connectivity index (χ3n) is 4.13. The molecule has 1 N–H and O–H groups in total. The Balaban J connectivity index is 1.67. The average Bonchev–Trinajstić information content (AvgIpc) is 2.60. The fraction of sp³-hybridized carbons (Fsp3) is 0.474. The molecule has 0 radical (unpaired) electrons. The summed E-state index contributed by atoms with van der Waals surface area (Å²) in [5.74, 6) is 2.57. The summed E-state index contributed by atoms with van der Waals surface area (Å²) in [5.41, 5.74) is 1.13. The molecule has 1 aliphatic rings. The van der Waals surface area contributed by atoms with Crippen LogP contribution in [0.2, 0.25) is 0 Å². The Hall–Kier alpha value is -2.50. The molecule has 6 heteroatoms. The quantitative estimate of drug-likeness (QED) is 0.922. The van der Waals surface area contributed by atoms with Crippen molar-refractivity contribution in [2.75, 3.05) is 48.4 Å². The molecule has 0 saturated carbocycles. The molecule has 0 spiro atoms. The summed E-state index contributed by atoms with van der Waals surface area (Å²) >= 11 is 0. The van der Waals surface area contributed by atoms with Crippen LogP contribution < -0.4 is 19.9 Å². The van der Waals surface area contributed by atoms with Gasteiger partial charge in [0.1, 0.15) is 11.6 Å². The Morgan fingerprint density at radius 3 is 2.36 bits per heavy atom. The van der Waals surface area contributed by atoms with E-state index in [0.717, 1.165) is 49.4 Å². The summed E-state index contributed by atoms with van der Waals surface area (Å²) in [7, 11) is 1.72. The third kappa shape index (κ3) is 4.32. The maximum absolute atomic E-state index is 5.48. The predicted molar refractivity (Wildman–Crippen MR) is 103 cm³/mol. The first kappa shape index (κ1) is 17.3. The minimum absolute atomic E-state index is 0.0197. The molecule has 0 bridgehead atoms. The van der Waals surface area contributed by atoms with Gasteiger partial charge in [0.05, 0.1) is 12.8 Å². The van der Waals surface area contributed by atoms with Gasteiger partial charge in [0, 0.05) is 37.9 Å². The van der Waals surface area contributed by atoms with Crippen LogP contribution in [0.15, 0.2) is 36.5 Å². The number of nitrogens with one attached hydrogen (secondary N) is 1. The minimum atomic E-state index is -0.0197. The number of para-hydroxylation sites is 2. The van der Waals surface area contributed by atoms with E-state index in [1.807, 2.05) is 24.4 Å². The monoisotopic (exact) mass is 341 g/mol. The molecule has 0 unspecified atom stereocenters. The number of anilines is 3. The lowest BCUT2D eigenvalue weighted by Gasteiger charge is -2.36. The van der Waals surface area contributed by atoms with Gasteiger partial charge in [-0.05, 0) is 39.0 Å². The first-order chi connectivity index (χ1) is 12.0. The molecule has 1 fully saturated rings. The maximum Gasteiger partial charge on any atom is 0.227 e. The van der Waals surface area contributed by atoms with E-state index in [1.165, 1.54) is 0 Å². The standard InChI is InChI=1S/C19H27N5O/c1-19(2,3)22-17-9-10-20-18(21-17)24-13-11-23(12-14-24)15-7-5-6-8-16(15)25-4/h5-10H,11-14H2,1-4H3,(H,20,21,22). The first-order valence-electron chi connectivity index (χ1n) is 8.70. The van der Waals surface area contributed by atoms with Gasteiger partial charge in [-0.15, -0.1) is 0 Å². The van der Waals surface area contributed by atoms with E-state index < -0.39 is 0 Å². The number of piperazine rings is 1. The molecule has 3 rings (SSSR count). The minimum Gasteiger partial charge on any atom is -0.495 e. The van der Waals surface area contributed by atoms with Crippen molar-refractivity contribution in [1.29, 1.82) is 0 Å². The fourth-order valence-electron chi connectivity index (χ4n) is 2.99. The maximum atomic E-state index is 5.48. The van der Waals surface area contributed by atoms with Gasteiger partial charge in [-0.3, -0.25) is 0 Å². The number of hydrogen-bond acceptors (Lipinski definition) is 6. The Morgan fingerprint density at radius 1 is 1.00 bits per heavy atom. The van der Waals surface area contributed by atoms with Gasteiger partial charge in [-0.25, -0.2) is 4.98 Å². The van der Waals surface area contributed by atoms with Crippen LogP contribution in [0.4, 0.5) is 17.5 Å². The molecule has 0 aliphatic carbocycles. The van der Waals surface area contributed by atoms with Crippen molar-refractivity contribution in [3.8, 4) is 5.75 Å². The van der Waals surface area contributed by atoms with Crippen molar-refractivity contribution in [2.24, 2.45) is 0 Å². The number of aromatic nitrogens is 2. The molecule has 0 amide bonds. The molecule has 134 valence electrons. The van der Waals surface area contributed by atoms with E-state index in [9.17, 15) is 0 Å². The summed E-state index contributed by atoms with van der Waals surface area (Å²) in [5, 5.41) is 3.41. The zero-order valence-electron chi connectivity index (χ0n) is 15.5. The second-order valence-corrected chi connectivity index (χ2v) is 7.26. The van der Waals surface area contributed by atoms with E-state index >= 15 is 0 Å². The Morgan fingerprint density at radius 2 is 1.68 bits per heavy atom. The summed E-state index contributed by atoms with van der Waals surface area (Å²) < 4.78 is 5.48. The van der Waals surface area contributed by atoms with Gasteiger partial charge in [-0.2, -0.15) is 4.98 Å². The third-order valence-corrected chi connectivity index (χ3v) is 4.13. The molecule has 2 heterocycles. The second kappa shape index (κ2) is 7.17. The van der Waals surface area contributed by atoms with E-state index in [1.54, 1.807) is 7.11 Å². The van der Waals surface area contributed by atoms with Crippen LogP contribution in [-0.4, -0.2) is 48.8 Å². The van der Waals surface area contributed by atoms with Gasteiger partial charge in [0.15, 0.2) is 0 Å². The largest absolute Gasteiger partial charge is 0.495 e. The van der Waals surface area contributed by atoms with Gasteiger partial charge < -0.3 is 19.9 Å². The van der Waals surface area contributed by atoms with Gasteiger partial charge in [-0.1, -0.05) is 12.1 Å². The van der Waals surface area contributed by atoms with E-state index in [4.69, 9.17) is 4.74 Å². The second-order valence-electron chi connectivity index (χ2n) is 7.26. The smallest absolute Gasteiger partial charge is 0.227 e. The van der Waals surface area contributed by atoms with E-state index in [-0.39, 0.29) is 5.54 Å². The molecule has 1 aliphatic heterocycles. The lowest BCUT2D eigenvalue weighted by atomic mass is 10.1. The molecule has 25 heavy (non-hydrogen) atoms. The molecule has 0 atom stereocenters. The SMILES string of the molecule is COc1ccccc1N1CCN(c2nccc(NC(C)(C)C)n2)CC1. The van der Waals surface area contributed by atoms with Crippen molar-refractivity contribution in [3.63, 3.8) is 0 Å². The van der Waals surface area contributed by atoms with Crippen molar-refractivity contribution in [2.45, 2.75) is 26.3 Å². The van der Waals surface area contributed by atoms with E-state index in [0.29, 0.717) is 0 Å². The van der Waals surface area contributed by atoms with Crippen LogP contribution in [0.3, 0.4) is 0 Å². The molecule has 2 aromatic rings. The van der Waals surface area contributed by atoms with Crippen LogP contribution in [0.5, 0.6) is 5.75 Å². The predicted octanol–water partition coefficient (Wildman–Crippen LogP) is 3.02. The highest BCUT2D eigenvalue weighted by atomic mass is 16.5. The highest BCUT2D eigenvalue weighted by molar-refractivity contribution is 5.59. The van der Waals surface area contributed by atoms with Crippen LogP contribution >= 0.6 is 0 Å². The van der Waals surface area contributed by atoms with Gasteiger partial charge in [0.2, 0.25) is 5.95 Å². The van der Waals surface area contributed by atoms with Crippen LogP contribution in [0.25, 0.3) is 0 Å². The molecule has 1 aromatic carbocycles. The van der Waals surface area contributed by atoms with E-state index in [2.05, 4.69) is 58.0 Å². The Kier molecular flexibility index (Phi) is 4.97. The zero-order valence-corrected chi connectivity index (χ0v) is 15.5. The zero-order chi connectivity index (χ0) is 17.9. The number of ether oxygens (including phenoxy) is 1. The molecule has 1 aromatic heterocycles. The summed E-state index contributed by atoms with van der Waals surface area (Å²) in [4.78, 5) is 13.7. The Labute approximate surface area is 149 Å². The Bertz CT molecular complexity index is 705. The number of methoxy groups -OCH3 is 1. The summed E-state index contributed by atoms with van der Waals surface area (Å²) in [6, 6.07) is 10.1.